The molecule has 8 nitrogen and oxygen atoms in total. The summed E-state index contributed by atoms with van der Waals surface area (Å²) in [6.45, 7) is 0.564. The molecule has 3 rings (SSSR count). The number of hydrogen-bond acceptors (Lipinski definition) is 7. The van der Waals surface area contributed by atoms with Crippen LogP contribution in [-0.4, -0.2) is 68.3 Å². The number of halogens is 1. The Labute approximate surface area is 213 Å². The van der Waals surface area contributed by atoms with Gasteiger partial charge in [0.25, 0.3) is 0 Å². The zero-order valence-corrected chi connectivity index (χ0v) is 21.4. The van der Waals surface area contributed by atoms with E-state index in [0.717, 1.165) is 20.6 Å². The van der Waals surface area contributed by atoms with Crippen molar-refractivity contribution in [2.24, 2.45) is 0 Å². The molecule has 1 aliphatic rings. The van der Waals surface area contributed by atoms with Crippen molar-refractivity contribution < 1.29 is 29.2 Å². The van der Waals surface area contributed by atoms with Gasteiger partial charge in [-0.3, -0.25) is 4.79 Å². The Morgan fingerprint density at radius 2 is 1.91 bits per heavy atom. The van der Waals surface area contributed by atoms with Crippen LogP contribution in [0.5, 0.6) is 17.2 Å². The summed E-state index contributed by atoms with van der Waals surface area (Å²) in [5.41, 5.74) is 1.48. The molecule has 0 aliphatic heterocycles. The Hall–Kier alpha value is -2.34. The lowest BCUT2D eigenvalue weighted by Crippen LogP contribution is -2.52. The number of benzene rings is 2. The van der Waals surface area contributed by atoms with Gasteiger partial charge >= 0.3 is 0 Å². The molecule has 0 fully saturated rings. The van der Waals surface area contributed by atoms with E-state index in [1.54, 1.807) is 20.3 Å². The van der Waals surface area contributed by atoms with Crippen LogP contribution in [0.2, 0.25) is 0 Å². The molecular weight excluding hydrogens is 551 g/mol. The minimum atomic E-state index is -0.863. The molecule has 0 bridgehead atoms. The number of rotatable bonds is 11. The highest BCUT2D eigenvalue weighted by molar-refractivity contribution is 14.1. The Bertz CT molecular complexity index is 999. The lowest BCUT2D eigenvalue weighted by atomic mass is 9.89. The topological polar surface area (TPSA) is 109 Å². The first-order valence-corrected chi connectivity index (χ1v) is 12.2. The van der Waals surface area contributed by atoms with E-state index < -0.39 is 18.2 Å². The maximum Gasteiger partial charge on any atom is 0.247 e. The van der Waals surface area contributed by atoms with Gasteiger partial charge in [-0.25, -0.2) is 0 Å². The normalized spacial score (nSPS) is 19.8. The molecule has 4 N–H and O–H groups in total. The van der Waals surface area contributed by atoms with Crippen molar-refractivity contribution in [1.29, 1.82) is 0 Å². The molecule has 184 valence electrons. The highest BCUT2D eigenvalue weighted by Gasteiger charge is 2.35. The van der Waals surface area contributed by atoms with Crippen LogP contribution in [0.4, 0.5) is 0 Å². The number of methoxy groups -OCH3 is 2. The third kappa shape index (κ3) is 6.84. The lowest BCUT2D eigenvalue weighted by molar-refractivity contribution is -0.118. The molecule has 0 saturated carbocycles. The van der Waals surface area contributed by atoms with E-state index in [1.165, 1.54) is 0 Å². The predicted octanol–water partition coefficient (Wildman–Crippen LogP) is 2.06. The summed E-state index contributed by atoms with van der Waals surface area (Å²) in [7, 11) is 3.24. The van der Waals surface area contributed by atoms with Crippen molar-refractivity contribution in [3.05, 3.63) is 63.2 Å². The van der Waals surface area contributed by atoms with Gasteiger partial charge in [-0.15, -0.1) is 0 Å². The van der Waals surface area contributed by atoms with Crippen LogP contribution in [0.1, 0.15) is 12.0 Å². The van der Waals surface area contributed by atoms with Gasteiger partial charge < -0.3 is 35.1 Å². The van der Waals surface area contributed by atoms with Crippen molar-refractivity contribution in [3.8, 4) is 17.2 Å². The molecule has 0 radical (unpaired) electrons. The molecule has 2 aromatic carbocycles. The zero-order chi connectivity index (χ0) is 24.5. The number of carbonyl (C=O) groups excluding carboxylic acids is 1. The largest absolute Gasteiger partial charge is 0.497 e. The van der Waals surface area contributed by atoms with Crippen LogP contribution in [0.15, 0.2) is 54.1 Å². The second kappa shape index (κ2) is 12.9. The van der Waals surface area contributed by atoms with Crippen LogP contribution in [-0.2, 0) is 11.2 Å². The zero-order valence-electron chi connectivity index (χ0n) is 19.3. The molecular formula is C25H31IN2O6. The van der Waals surface area contributed by atoms with Crippen LogP contribution >= 0.6 is 22.6 Å². The van der Waals surface area contributed by atoms with Crippen molar-refractivity contribution in [2.75, 3.05) is 33.9 Å². The molecule has 3 atom stereocenters. The fourth-order valence-electron chi connectivity index (χ4n) is 3.86. The highest BCUT2D eigenvalue weighted by Crippen LogP contribution is 2.28. The molecule has 1 amide bonds. The van der Waals surface area contributed by atoms with E-state index in [0.29, 0.717) is 30.7 Å². The van der Waals surface area contributed by atoms with Crippen molar-refractivity contribution >= 4 is 28.5 Å². The Balaban J connectivity index is 1.74. The standard InChI is InChI=1S/C25H31IN2O6/c1-32-18-7-8-21(33-2)16(13-18)9-10-27-20-14-17(25(31)28-11-12-29)15-23(24(20)30)34-22-6-4-3-5-19(22)26/h3-8,13,15,20,23-24,27,29-30H,9-12,14H2,1-2H3,(H,28,31)/t20-,23+,24+/m1/s1. The fraction of sp³-hybridized carbons (Fsp3) is 0.400. The number of ether oxygens (including phenoxy) is 3. The second-order valence-corrected chi connectivity index (χ2v) is 9.03. The van der Waals surface area contributed by atoms with Gasteiger partial charge in [0.1, 0.15) is 29.5 Å². The summed E-state index contributed by atoms with van der Waals surface area (Å²) in [5.74, 6) is 1.86. The van der Waals surface area contributed by atoms with Crippen LogP contribution < -0.4 is 24.8 Å². The van der Waals surface area contributed by atoms with Crippen molar-refractivity contribution in [3.63, 3.8) is 0 Å². The molecule has 0 unspecified atom stereocenters. The summed E-state index contributed by atoms with van der Waals surface area (Å²) in [4.78, 5) is 12.6. The lowest BCUT2D eigenvalue weighted by Gasteiger charge is -2.34. The monoisotopic (exact) mass is 582 g/mol. The molecule has 9 heteroatoms. The van der Waals surface area contributed by atoms with E-state index in [2.05, 4.69) is 33.2 Å². The van der Waals surface area contributed by atoms with Gasteiger partial charge in [0.15, 0.2) is 0 Å². The summed E-state index contributed by atoms with van der Waals surface area (Å²) in [6, 6.07) is 12.8. The Morgan fingerprint density at radius 1 is 1.12 bits per heavy atom. The minimum Gasteiger partial charge on any atom is -0.497 e. The van der Waals surface area contributed by atoms with E-state index in [4.69, 9.17) is 19.3 Å². The van der Waals surface area contributed by atoms with Crippen LogP contribution in [0, 0.1) is 3.57 Å². The van der Waals surface area contributed by atoms with Gasteiger partial charge in [0, 0.05) is 18.2 Å². The summed E-state index contributed by atoms with van der Waals surface area (Å²) in [5, 5.41) is 26.2. The van der Waals surface area contributed by atoms with Gasteiger partial charge in [0.05, 0.1) is 24.4 Å². The molecule has 34 heavy (non-hydrogen) atoms. The SMILES string of the molecule is COc1ccc(OC)c(CCN[C@@H]2CC(C(=O)NCCO)=C[C@H](Oc3ccccc3I)[C@H]2O)c1. The van der Waals surface area contributed by atoms with Gasteiger partial charge in [-0.1, -0.05) is 12.1 Å². The van der Waals surface area contributed by atoms with Gasteiger partial charge in [-0.05, 0) is 83.9 Å². The van der Waals surface area contributed by atoms with Gasteiger partial charge in [-0.2, -0.15) is 0 Å². The molecule has 0 heterocycles. The summed E-state index contributed by atoms with van der Waals surface area (Å²) in [6.07, 6.45) is 1.07. The van der Waals surface area contributed by atoms with Gasteiger partial charge in [0.2, 0.25) is 5.91 Å². The van der Waals surface area contributed by atoms with Crippen molar-refractivity contribution in [2.45, 2.75) is 31.1 Å². The fourth-order valence-corrected chi connectivity index (χ4v) is 4.37. The number of amides is 1. The smallest absolute Gasteiger partial charge is 0.247 e. The number of nitrogens with one attached hydrogen (secondary N) is 2. The second-order valence-electron chi connectivity index (χ2n) is 7.87. The quantitative estimate of drug-likeness (QED) is 0.301. The Kier molecular flexibility index (Phi) is 10.00. The molecule has 0 aromatic heterocycles. The summed E-state index contributed by atoms with van der Waals surface area (Å²) < 4.78 is 17.8. The van der Waals surface area contributed by atoms with E-state index in [9.17, 15) is 9.90 Å². The number of aliphatic hydroxyl groups is 2. The van der Waals surface area contributed by atoms with E-state index in [1.807, 2.05) is 42.5 Å². The third-order valence-electron chi connectivity index (χ3n) is 5.63. The molecule has 0 saturated heterocycles. The van der Waals surface area contributed by atoms with E-state index in [-0.39, 0.29) is 19.1 Å². The number of para-hydroxylation sites is 1. The average Bonchev–Trinajstić information content (AvgIpc) is 2.85. The first kappa shape index (κ1) is 26.3. The highest BCUT2D eigenvalue weighted by atomic mass is 127. The third-order valence-corrected chi connectivity index (χ3v) is 6.52. The molecule has 2 aromatic rings. The molecule has 1 aliphatic carbocycles. The first-order valence-electron chi connectivity index (χ1n) is 11.1. The van der Waals surface area contributed by atoms with E-state index >= 15 is 0 Å². The molecule has 0 spiro atoms. The number of aliphatic hydroxyl groups excluding tert-OH is 2. The maximum absolute atomic E-state index is 12.6. The number of hydrogen-bond donors (Lipinski definition) is 4. The first-order chi connectivity index (χ1) is 16.5. The predicted molar refractivity (Wildman–Crippen MR) is 137 cm³/mol. The minimum absolute atomic E-state index is 0.145. The Morgan fingerprint density at radius 3 is 2.62 bits per heavy atom. The maximum atomic E-state index is 12.6. The van der Waals surface area contributed by atoms with Crippen LogP contribution in [0.3, 0.4) is 0 Å². The summed E-state index contributed by atoms with van der Waals surface area (Å²) >= 11 is 2.18. The van der Waals surface area contributed by atoms with Crippen LogP contribution in [0.25, 0.3) is 0 Å². The number of carbonyl (C=O) groups is 1. The average molecular weight is 582 g/mol. The van der Waals surface area contributed by atoms with Crippen molar-refractivity contribution in [1.82, 2.24) is 10.6 Å².